The first-order chi connectivity index (χ1) is 8.63. The summed E-state index contributed by atoms with van der Waals surface area (Å²) in [5, 5.41) is 22.3. The molecule has 0 bridgehead atoms. The predicted octanol–water partition coefficient (Wildman–Crippen LogP) is 1.33. The highest BCUT2D eigenvalue weighted by molar-refractivity contribution is 5.35. The summed E-state index contributed by atoms with van der Waals surface area (Å²) in [7, 11) is 0. The van der Waals surface area contributed by atoms with Crippen LogP contribution in [0.3, 0.4) is 0 Å². The zero-order valence-corrected chi connectivity index (χ0v) is 10.3. The summed E-state index contributed by atoms with van der Waals surface area (Å²) in [5.74, 6) is 0.609. The van der Waals surface area contributed by atoms with Crippen molar-refractivity contribution in [3.05, 3.63) is 34.4 Å². The molecule has 0 aliphatic rings. The first-order valence-corrected chi connectivity index (χ1v) is 5.85. The lowest BCUT2D eigenvalue weighted by Crippen LogP contribution is -2.30. The number of benzene rings is 1. The molecule has 6 heteroatoms. The summed E-state index contributed by atoms with van der Waals surface area (Å²) in [6.45, 7) is 3.30. The number of hydrogen-bond acceptors (Lipinski definition) is 5. The third-order valence-corrected chi connectivity index (χ3v) is 2.47. The number of nitro groups is 1. The van der Waals surface area contributed by atoms with Gasteiger partial charge in [-0.1, -0.05) is 0 Å². The Morgan fingerprint density at radius 1 is 1.44 bits per heavy atom. The first-order valence-electron chi connectivity index (χ1n) is 5.85. The van der Waals surface area contributed by atoms with E-state index in [1.54, 1.807) is 12.1 Å². The van der Waals surface area contributed by atoms with Gasteiger partial charge in [0, 0.05) is 31.3 Å². The van der Waals surface area contributed by atoms with Crippen molar-refractivity contribution in [3.63, 3.8) is 0 Å². The highest BCUT2D eigenvalue weighted by Gasteiger charge is 2.04. The molecule has 2 N–H and O–H groups in total. The summed E-state index contributed by atoms with van der Waals surface area (Å²) < 4.78 is 5.42. The molecule has 6 nitrogen and oxygen atoms in total. The third-order valence-electron chi connectivity index (χ3n) is 2.47. The van der Waals surface area contributed by atoms with Gasteiger partial charge in [0.05, 0.1) is 4.92 Å². The molecular formula is C12H18N2O4. The van der Waals surface area contributed by atoms with E-state index in [1.165, 1.54) is 12.1 Å². The maximum absolute atomic E-state index is 10.4. The molecule has 1 aromatic rings. The fourth-order valence-corrected chi connectivity index (χ4v) is 1.43. The summed E-state index contributed by atoms with van der Waals surface area (Å²) in [5.41, 5.74) is 0.0528. The van der Waals surface area contributed by atoms with Crippen LogP contribution in [0.5, 0.6) is 5.75 Å². The maximum atomic E-state index is 10.4. The standard InChI is InChI=1S/C12H18N2O4/c1-10(6-8-15)13-7-9-18-12-4-2-11(3-5-12)14(16)17/h2-5,10,13,15H,6-9H2,1H3. The predicted molar refractivity (Wildman–Crippen MR) is 67.8 cm³/mol. The van der Waals surface area contributed by atoms with Gasteiger partial charge in [-0.15, -0.1) is 0 Å². The van der Waals surface area contributed by atoms with Crippen LogP contribution in [0.1, 0.15) is 13.3 Å². The van der Waals surface area contributed by atoms with Crippen molar-refractivity contribution in [2.24, 2.45) is 0 Å². The summed E-state index contributed by atoms with van der Waals surface area (Å²) in [6, 6.07) is 6.23. The maximum Gasteiger partial charge on any atom is 0.269 e. The second kappa shape index (κ2) is 7.62. The minimum absolute atomic E-state index is 0.0528. The van der Waals surface area contributed by atoms with E-state index in [9.17, 15) is 10.1 Å². The second-order valence-electron chi connectivity index (χ2n) is 3.97. The second-order valence-corrected chi connectivity index (χ2v) is 3.97. The minimum atomic E-state index is -0.443. The summed E-state index contributed by atoms with van der Waals surface area (Å²) in [6.07, 6.45) is 0.706. The van der Waals surface area contributed by atoms with Crippen LogP contribution in [-0.4, -0.2) is 35.8 Å². The van der Waals surface area contributed by atoms with Crippen LogP contribution >= 0.6 is 0 Å². The van der Waals surface area contributed by atoms with Crippen LogP contribution in [-0.2, 0) is 0 Å². The van der Waals surface area contributed by atoms with Gasteiger partial charge in [0.2, 0.25) is 0 Å². The van der Waals surface area contributed by atoms with Gasteiger partial charge < -0.3 is 15.2 Å². The van der Waals surface area contributed by atoms with E-state index in [-0.39, 0.29) is 18.3 Å². The zero-order chi connectivity index (χ0) is 13.4. The summed E-state index contributed by atoms with van der Waals surface area (Å²) in [4.78, 5) is 10.0. The van der Waals surface area contributed by atoms with Crippen LogP contribution < -0.4 is 10.1 Å². The van der Waals surface area contributed by atoms with Crippen molar-refractivity contribution in [2.45, 2.75) is 19.4 Å². The molecule has 100 valence electrons. The molecule has 0 saturated heterocycles. The van der Waals surface area contributed by atoms with E-state index < -0.39 is 4.92 Å². The van der Waals surface area contributed by atoms with Crippen LogP contribution in [0.2, 0.25) is 0 Å². The molecule has 1 aromatic carbocycles. The quantitative estimate of drug-likeness (QED) is 0.415. The average molecular weight is 254 g/mol. The van der Waals surface area contributed by atoms with E-state index in [0.717, 1.165) is 0 Å². The number of aliphatic hydroxyl groups excluding tert-OH is 1. The number of aliphatic hydroxyl groups is 1. The molecule has 0 fully saturated rings. The molecule has 0 aromatic heterocycles. The molecule has 1 rings (SSSR count). The third kappa shape index (κ3) is 5.11. The minimum Gasteiger partial charge on any atom is -0.492 e. The molecule has 0 amide bonds. The summed E-state index contributed by atoms with van der Waals surface area (Å²) >= 11 is 0. The first kappa shape index (κ1) is 14.4. The Balaban J connectivity index is 2.25. The molecule has 0 aliphatic heterocycles. The molecule has 1 unspecified atom stereocenters. The highest BCUT2D eigenvalue weighted by Crippen LogP contribution is 2.16. The lowest BCUT2D eigenvalue weighted by molar-refractivity contribution is -0.384. The fraction of sp³-hybridized carbons (Fsp3) is 0.500. The Bertz CT molecular complexity index is 367. The molecule has 0 saturated carbocycles. The molecule has 0 aliphatic carbocycles. The SMILES string of the molecule is CC(CCO)NCCOc1ccc([N+](=O)[O-])cc1. The van der Waals surface area contributed by atoms with Crippen molar-refractivity contribution < 1.29 is 14.8 Å². The molecule has 18 heavy (non-hydrogen) atoms. The van der Waals surface area contributed by atoms with E-state index in [1.807, 2.05) is 6.92 Å². The Hall–Kier alpha value is -1.66. The van der Waals surface area contributed by atoms with E-state index in [0.29, 0.717) is 25.3 Å². The number of hydrogen-bond donors (Lipinski definition) is 2. The number of non-ortho nitro benzene ring substituents is 1. The van der Waals surface area contributed by atoms with Crippen LogP contribution in [0.25, 0.3) is 0 Å². The Kier molecular flexibility index (Phi) is 6.10. The molecule has 0 spiro atoms. The Morgan fingerprint density at radius 2 is 2.11 bits per heavy atom. The number of nitrogens with one attached hydrogen (secondary N) is 1. The van der Waals surface area contributed by atoms with Crippen molar-refractivity contribution in [1.82, 2.24) is 5.32 Å². The number of nitro benzene ring substituents is 1. The van der Waals surface area contributed by atoms with Gasteiger partial charge in [-0.3, -0.25) is 10.1 Å². The smallest absolute Gasteiger partial charge is 0.269 e. The molecular weight excluding hydrogens is 236 g/mol. The van der Waals surface area contributed by atoms with Crippen LogP contribution in [0.4, 0.5) is 5.69 Å². The number of rotatable bonds is 8. The van der Waals surface area contributed by atoms with Crippen molar-refractivity contribution >= 4 is 5.69 Å². The van der Waals surface area contributed by atoms with E-state index in [2.05, 4.69) is 5.32 Å². The van der Waals surface area contributed by atoms with E-state index in [4.69, 9.17) is 9.84 Å². The molecule has 1 atom stereocenters. The van der Waals surface area contributed by atoms with Gasteiger partial charge in [-0.25, -0.2) is 0 Å². The lowest BCUT2D eigenvalue weighted by atomic mass is 10.2. The Morgan fingerprint density at radius 3 is 2.67 bits per heavy atom. The van der Waals surface area contributed by atoms with Gasteiger partial charge in [-0.05, 0) is 25.5 Å². The number of nitrogens with zero attached hydrogens (tertiary/aromatic N) is 1. The van der Waals surface area contributed by atoms with Crippen molar-refractivity contribution in [3.8, 4) is 5.75 Å². The Labute approximate surface area is 106 Å². The zero-order valence-electron chi connectivity index (χ0n) is 10.3. The molecule has 0 heterocycles. The van der Waals surface area contributed by atoms with Crippen molar-refractivity contribution in [2.75, 3.05) is 19.8 Å². The van der Waals surface area contributed by atoms with E-state index >= 15 is 0 Å². The molecule has 0 radical (unpaired) electrons. The van der Waals surface area contributed by atoms with Crippen LogP contribution in [0.15, 0.2) is 24.3 Å². The lowest BCUT2D eigenvalue weighted by Gasteiger charge is -2.12. The van der Waals surface area contributed by atoms with Gasteiger partial charge in [0.1, 0.15) is 12.4 Å². The van der Waals surface area contributed by atoms with Gasteiger partial charge in [0.15, 0.2) is 0 Å². The average Bonchev–Trinajstić information content (AvgIpc) is 2.35. The topological polar surface area (TPSA) is 84.6 Å². The van der Waals surface area contributed by atoms with Gasteiger partial charge >= 0.3 is 0 Å². The van der Waals surface area contributed by atoms with Gasteiger partial charge in [-0.2, -0.15) is 0 Å². The normalized spacial score (nSPS) is 12.1. The van der Waals surface area contributed by atoms with Crippen LogP contribution in [0, 0.1) is 10.1 Å². The van der Waals surface area contributed by atoms with Crippen molar-refractivity contribution in [1.29, 1.82) is 0 Å². The highest BCUT2D eigenvalue weighted by atomic mass is 16.6. The van der Waals surface area contributed by atoms with Gasteiger partial charge in [0.25, 0.3) is 5.69 Å². The monoisotopic (exact) mass is 254 g/mol. The fourth-order valence-electron chi connectivity index (χ4n) is 1.43. The largest absolute Gasteiger partial charge is 0.492 e. The number of ether oxygens (including phenoxy) is 1.